The molecule has 2 heterocycles. The number of imidazole rings is 1. The van der Waals surface area contributed by atoms with Gasteiger partial charge in [0.25, 0.3) is 11.7 Å². The Morgan fingerprint density at radius 3 is 3.00 bits per heavy atom. The number of carbonyl (C=O) groups is 1. The van der Waals surface area contributed by atoms with Crippen molar-refractivity contribution >= 4 is 5.91 Å². The highest BCUT2D eigenvalue weighted by molar-refractivity contribution is 5.89. The highest BCUT2D eigenvalue weighted by atomic mass is 16.2. The fourth-order valence-corrected chi connectivity index (χ4v) is 1.26. The second-order valence-corrected chi connectivity index (χ2v) is 3.35. The summed E-state index contributed by atoms with van der Waals surface area (Å²) in [7, 11) is 3.53. The summed E-state index contributed by atoms with van der Waals surface area (Å²) in [4.78, 5) is 17.4. The van der Waals surface area contributed by atoms with Gasteiger partial charge in [0.2, 0.25) is 0 Å². The molecule has 0 aliphatic carbocycles. The van der Waals surface area contributed by atoms with E-state index in [4.69, 9.17) is 0 Å². The molecule has 0 fully saturated rings. The van der Waals surface area contributed by atoms with E-state index in [1.165, 1.54) is 4.90 Å². The van der Waals surface area contributed by atoms with Crippen LogP contribution in [0.15, 0.2) is 12.4 Å². The first kappa shape index (κ1) is 10.3. The van der Waals surface area contributed by atoms with Crippen molar-refractivity contribution in [3.63, 3.8) is 0 Å². The second kappa shape index (κ2) is 4.09. The Morgan fingerprint density at radius 2 is 2.44 bits per heavy atom. The molecule has 1 N–H and O–H groups in total. The average Bonchev–Trinajstić information content (AvgIpc) is 2.89. The molecular weight excluding hydrogens is 210 g/mol. The lowest BCUT2D eigenvalue weighted by molar-refractivity contribution is 0.0768. The van der Waals surface area contributed by atoms with Gasteiger partial charge in [-0.05, 0) is 5.21 Å². The number of tetrazole rings is 1. The van der Waals surface area contributed by atoms with E-state index in [2.05, 4.69) is 25.6 Å². The summed E-state index contributed by atoms with van der Waals surface area (Å²) < 4.78 is 1.85. The zero-order valence-corrected chi connectivity index (χ0v) is 8.95. The number of carbonyl (C=O) groups excluding carboxylic acids is 1. The molecule has 0 aliphatic heterocycles. The molecule has 8 heteroatoms. The van der Waals surface area contributed by atoms with Gasteiger partial charge in [0.05, 0.1) is 6.54 Å². The minimum Gasteiger partial charge on any atom is -0.337 e. The quantitative estimate of drug-likeness (QED) is 0.732. The molecule has 0 saturated carbocycles. The van der Waals surface area contributed by atoms with E-state index in [-0.39, 0.29) is 11.7 Å². The molecular formula is C8H11N7O. The zero-order valence-electron chi connectivity index (χ0n) is 8.95. The number of aryl methyl sites for hydroxylation is 1. The van der Waals surface area contributed by atoms with E-state index in [9.17, 15) is 4.79 Å². The third-order valence-electron chi connectivity index (χ3n) is 2.18. The van der Waals surface area contributed by atoms with Crippen LogP contribution in [0, 0.1) is 0 Å². The largest absolute Gasteiger partial charge is 0.337 e. The number of nitrogens with zero attached hydrogens (tertiary/aromatic N) is 6. The average molecular weight is 221 g/mol. The molecule has 8 nitrogen and oxygen atoms in total. The topological polar surface area (TPSA) is 92.6 Å². The SMILES string of the molecule is CN(Cc1nccn1C)C(=O)c1nn[nH]n1. The van der Waals surface area contributed by atoms with Gasteiger partial charge in [-0.1, -0.05) is 0 Å². The smallest absolute Gasteiger partial charge is 0.295 e. The van der Waals surface area contributed by atoms with Crippen LogP contribution in [0.2, 0.25) is 0 Å². The Kier molecular flexibility index (Phi) is 2.63. The summed E-state index contributed by atoms with van der Waals surface area (Å²) >= 11 is 0. The first-order valence-corrected chi connectivity index (χ1v) is 4.63. The van der Waals surface area contributed by atoms with Gasteiger partial charge in [0, 0.05) is 26.5 Å². The van der Waals surface area contributed by atoms with Crippen molar-refractivity contribution in [3.8, 4) is 0 Å². The molecule has 16 heavy (non-hydrogen) atoms. The fourth-order valence-electron chi connectivity index (χ4n) is 1.26. The standard InChI is InChI=1S/C8H11N7O/c1-14-4-3-9-6(14)5-15(2)8(16)7-10-12-13-11-7/h3-4H,5H2,1-2H3,(H,10,11,12,13). The van der Waals surface area contributed by atoms with Crippen LogP contribution in [0.3, 0.4) is 0 Å². The zero-order chi connectivity index (χ0) is 11.5. The molecule has 0 unspecified atom stereocenters. The molecule has 0 radical (unpaired) electrons. The van der Waals surface area contributed by atoms with Crippen molar-refractivity contribution < 1.29 is 4.79 Å². The van der Waals surface area contributed by atoms with Crippen LogP contribution >= 0.6 is 0 Å². The van der Waals surface area contributed by atoms with E-state index in [0.29, 0.717) is 6.54 Å². The predicted octanol–water partition coefficient (Wildman–Crippen LogP) is -0.795. The Balaban J connectivity index is 2.07. The molecule has 0 saturated heterocycles. The molecule has 1 amide bonds. The van der Waals surface area contributed by atoms with Gasteiger partial charge in [-0.2, -0.15) is 5.21 Å². The van der Waals surface area contributed by atoms with Gasteiger partial charge < -0.3 is 9.47 Å². The van der Waals surface area contributed by atoms with Gasteiger partial charge in [-0.3, -0.25) is 4.79 Å². The minimum atomic E-state index is -0.295. The van der Waals surface area contributed by atoms with Crippen molar-refractivity contribution in [1.82, 2.24) is 35.1 Å². The van der Waals surface area contributed by atoms with E-state index in [1.807, 2.05) is 17.8 Å². The van der Waals surface area contributed by atoms with Crippen LogP contribution in [0.5, 0.6) is 0 Å². The van der Waals surface area contributed by atoms with Crippen molar-refractivity contribution in [2.75, 3.05) is 7.05 Å². The number of hydrogen-bond donors (Lipinski definition) is 1. The predicted molar refractivity (Wildman–Crippen MR) is 53.2 cm³/mol. The third-order valence-corrected chi connectivity index (χ3v) is 2.18. The minimum absolute atomic E-state index is 0.0525. The maximum absolute atomic E-state index is 11.7. The normalized spacial score (nSPS) is 10.4. The summed E-state index contributed by atoms with van der Waals surface area (Å²) in [5.74, 6) is 0.549. The monoisotopic (exact) mass is 221 g/mol. The number of aromatic amines is 1. The lowest BCUT2D eigenvalue weighted by Crippen LogP contribution is -2.28. The van der Waals surface area contributed by atoms with E-state index < -0.39 is 0 Å². The Bertz CT molecular complexity index is 474. The lowest BCUT2D eigenvalue weighted by Gasteiger charge is -2.14. The van der Waals surface area contributed by atoms with Crippen LogP contribution in [0.1, 0.15) is 16.4 Å². The Morgan fingerprint density at radius 1 is 1.62 bits per heavy atom. The van der Waals surface area contributed by atoms with Crippen molar-refractivity contribution in [2.24, 2.45) is 7.05 Å². The molecule has 2 aromatic heterocycles. The molecule has 0 spiro atoms. The number of amides is 1. The number of rotatable bonds is 3. The highest BCUT2D eigenvalue weighted by Gasteiger charge is 2.17. The summed E-state index contributed by atoms with van der Waals surface area (Å²) in [5.41, 5.74) is 0. The molecule has 0 atom stereocenters. The van der Waals surface area contributed by atoms with E-state index in [1.54, 1.807) is 13.2 Å². The third kappa shape index (κ3) is 1.90. The number of H-pyrrole nitrogens is 1. The van der Waals surface area contributed by atoms with E-state index in [0.717, 1.165) is 5.82 Å². The van der Waals surface area contributed by atoms with Crippen molar-refractivity contribution in [3.05, 3.63) is 24.0 Å². The molecule has 2 aromatic rings. The van der Waals surface area contributed by atoms with Crippen LogP contribution in [0.25, 0.3) is 0 Å². The Labute approximate surface area is 91.3 Å². The maximum Gasteiger partial charge on any atom is 0.295 e. The van der Waals surface area contributed by atoms with Gasteiger partial charge >= 0.3 is 0 Å². The van der Waals surface area contributed by atoms with Gasteiger partial charge in [-0.15, -0.1) is 10.2 Å². The van der Waals surface area contributed by atoms with Gasteiger partial charge in [0.15, 0.2) is 0 Å². The highest BCUT2D eigenvalue weighted by Crippen LogP contribution is 2.02. The first-order valence-electron chi connectivity index (χ1n) is 4.63. The molecule has 0 aromatic carbocycles. The Hall–Kier alpha value is -2.25. The van der Waals surface area contributed by atoms with Gasteiger partial charge in [0.1, 0.15) is 5.82 Å². The molecule has 0 bridgehead atoms. The number of hydrogen-bond acceptors (Lipinski definition) is 5. The second-order valence-electron chi connectivity index (χ2n) is 3.35. The number of nitrogens with one attached hydrogen (secondary N) is 1. The van der Waals surface area contributed by atoms with Crippen LogP contribution < -0.4 is 0 Å². The van der Waals surface area contributed by atoms with Crippen LogP contribution in [0.4, 0.5) is 0 Å². The van der Waals surface area contributed by atoms with Crippen molar-refractivity contribution in [2.45, 2.75) is 6.54 Å². The van der Waals surface area contributed by atoms with E-state index >= 15 is 0 Å². The lowest BCUT2D eigenvalue weighted by atomic mass is 10.4. The molecule has 84 valence electrons. The van der Waals surface area contributed by atoms with Crippen LogP contribution in [-0.2, 0) is 13.6 Å². The summed E-state index contributed by atoms with van der Waals surface area (Å²) in [6, 6.07) is 0. The van der Waals surface area contributed by atoms with Crippen molar-refractivity contribution in [1.29, 1.82) is 0 Å². The van der Waals surface area contributed by atoms with Crippen LogP contribution in [-0.4, -0.2) is 48.0 Å². The molecule has 2 rings (SSSR count). The number of aromatic nitrogens is 6. The van der Waals surface area contributed by atoms with Gasteiger partial charge in [-0.25, -0.2) is 4.98 Å². The summed E-state index contributed by atoms with van der Waals surface area (Å²) in [6.45, 7) is 0.400. The summed E-state index contributed by atoms with van der Waals surface area (Å²) in [5, 5.41) is 12.8. The fraction of sp³-hybridized carbons (Fsp3) is 0.375. The maximum atomic E-state index is 11.7. The first-order chi connectivity index (χ1) is 7.68. The molecule has 0 aliphatic rings. The summed E-state index contributed by atoms with van der Waals surface area (Å²) in [6.07, 6.45) is 3.50.